The third-order valence-electron chi connectivity index (χ3n) is 1.36. The minimum atomic E-state index is -0.408. The number of aromatic nitrogens is 2. The molecule has 0 atom stereocenters. The van der Waals surface area contributed by atoms with Crippen LogP contribution in [0.3, 0.4) is 0 Å². The maximum absolute atomic E-state index is 11.2. The van der Waals surface area contributed by atoms with Crippen molar-refractivity contribution in [2.75, 3.05) is 6.61 Å². The number of ether oxygens (including phenoxy) is 1. The summed E-state index contributed by atoms with van der Waals surface area (Å²) in [6.45, 7) is 3.85. The molecule has 0 saturated carbocycles. The summed E-state index contributed by atoms with van der Waals surface area (Å²) in [7, 11) is 0. The Hall–Kier alpha value is -0.970. The van der Waals surface area contributed by atoms with Crippen molar-refractivity contribution in [2.45, 2.75) is 13.8 Å². The minimum absolute atomic E-state index is 0.346. The molecule has 0 aliphatic heterocycles. The fourth-order valence-electron chi connectivity index (χ4n) is 0.788. The summed E-state index contributed by atoms with van der Waals surface area (Å²) in [4.78, 5) is 19.1. The summed E-state index contributed by atoms with van der Waals surface area (Å²) in [5.41, 5.74) is 0.354. The van der Waals surface area contributed by atoms with Crippen LogP contribution in [0.2, 0.25) is 0 Å². The second kappa shape index (κ2) is 4.32. The average Bonchev–Trinajstić information content (AvgIpc) is 2.04. The van der Waals surface area contributed by atoms with Gasteiger partial charge in [0.1, 0.15) is 16.0 Å². The molecular weight excluding hydrogens is 236 g/mol. The topological polar surface area (TPSA) is 52.1 Å². The van der Waals surface area contributed by atoms with Crippen molar-refractivity contribution in [3.63, 3.8) is 0 Å². The van der Waals surface area contributed by atoms with E-state index in [4.69, 9.17) is 4.74 Å². The summed E-state index contributed by atoms with van der Waals surface area (Å²) in [5, 5.41) is 0. The second-order valence-electron chi connectivity index (χ2n) is 2.34. The Balaban J connectivity index is 2.95. The highest BCUT2D eigenvalue weighted by Gasteiger charge is 2.12. The molecule has 1 aromatic heterocycles. The number of aryl methyl sites for hydroxylation is 1. The smallest absolute Gasteiger partial charge is 0.342 e. The lowest BCUT2D eigenvalue weighted by Gasteiger charge is -2.02. The van der Waals surface area contributed by atoms with Crippen molar-refractivity contribution in [1.82, 2.24) is 9.97 Å². The summed E-state index contributed by atoms with van der Waals surface area (Å²) in [5.74, 6) is 0.203. The van der Waals surface area contributed by atoms with Gasteiger partial charge in [-0.25, -0.2) is 14.8 Å². The molecule has 4 nitrogen and oxygen atoms in total. The Bertz CT molecular complexity index is 328. The Kier molecular flexibility index (Phi) is 3.36. The molecule has 0 N–H and O–H groups in total. The maximum atomic E-state index is 11.2. The molecule has 13 heavy (non-hydrogen) atoms. The first-order chi connectivity index (χ1) is 6.15. The van der Waals surface area contributed by atoms with Gasteiger partial charge in [0.2, 0.25) is 0 Å². The van der Waals surface area contributed by atoms with Crippen molar-refractivity contribution in [2.24, 2.45) is 0 Å². The van der Waals surface area contributed by atoms with E-state index in [1.54, 1.807) is 13.8 Å². The summed E-state index contributed by atoms with van der Waals surface area (Å²) in [6.07, 6.45) is 1.45. The van der Waals surface area contributed by atoms with Crippen molar-refractivity contribution in [3.05, 3.63) is 22.2 Å². The van der Waals surface area contributed by atoms with Gasteiger partial charge in [-0.1, -0.05) is 0 Å². The molecule has 0 fully saturated rings. The monoisotopic (exact) mass is 244 g/mol. The minimum Gasteiger partial charge on any atom is -0.462 e. The largest absolute Gasteiger partial charge is 0.462 e. The van der Waals surface area contributed by atoms with E-state index in [0.717, 1.165) is 0 Å². The van der Waals surface area contributed by atoms with E-state index in [2.05, 4.69) is 25.9 Å². The van der Waals surface area contributed by atoms with E-state index in [9.17, 15) is 4.79 Å². The number of carbonyl (C=O) groups excluding carboxylic acids is 1. The predicted octanol–water partition coefficient (Wildman–Crippen LogP) is 1.72. The van der Waals surface area contributed by atoms with Crippen molar-refractivity contribution >= 4 is 21.9 Å². The average molecular weight is 245 g/mol. The van der Waals surface area contributed by atoms with E-state index in [1.165, 1.54) is 6.20 Å². The standard InChI is InChI=1S/C8H9BrN2O2/c1-3-13-8(12)6-4-10-5(2)11-7(6)9/h4H,3H2,1-2H3. The summed E-state index contributed by atoms with van der Waals surface area (Å²) in [6, 6.07) is 0. The number of carbonyl (C=O) groups is 1. The molecule has 0 bridgehead atoms. The van der Waals surface area contributed by atoms with Crippen LogP contribution < -0.4 is 0 Å². The molecule has 1 aromatic rings. The molecule has 0 amide bonds. The lowest BCUT2D eigenvalue weighted by Crippen LogP contribution is -2.07. The predicted molar refractivity (Wildman–Crippen MR) is 50.4 cm³/mol. The molecule has 0 spiro atoms. The van der Waals surface area contributed by atoms with Crippen LogP contribution in [0, 0.1) is 6.92 Å². The Morgan fingerprint density at radius 1 is 1.69 bits per heavy atom. The maximum Gasteiger partial charge on any atom is 0.342 e. The number of hydrogen-bond acceptors (Lipinski definition) is 4. The fraction of sp³-hybridized carbons (Fsp3) is 0.375. The molecule has 0 aromatic carbocycles. The molecule has 0 aliphatic rings. The zero-order chi connectivity index (χ0) is 9.84. The van der Waals surface area contributed by atoms with E-state index >= 15 is 0 Å². The van der Waals surface area contributed by atoms with Gasteiger partial charge in [0.25, 0.3) is 0 Å². The number of halogens is 1. The third-order valence-corrected chi connectivity index (χ3v) is 1.96. The summed E-state index contributed by atoms with van der Waals surface area (Å²) >= 11 is 3.17. The van der Waals surface area contributed by atoms with Gasteiger partial charge >= 0.3 is 5.97 Å². The zero-order valence-corrected chi connectivity index (χ0v) is 8.96. The van der Waals surface area contributed by atoms with Gasteiger partial charge in [-0.3, -0.25) is 0 Å². The van der Waals surface area contributed by atoms with Crippen LogP contribution in [0.5, 0.6) is 0 Å². The molecule has 1 rings (SSSR count). The van der Waals surface area contributed by atoms with Gasteiger partial charge in [0, 0.05) is 6.20 Å². The molecule has 5 heteroatoms. The van der Waals surface area contributed by atoms with E-state index in [0.29, 0.717) is 22.6 Å². The number of nitrogens with zero attached hydrogens (tertiary/aromatic N) is 2. The van der Waals surface area contributed by atoms with E-state index in [-0.39, 0.29) is 0 Å². The van der Waals surface area contributed by atoms with Crippen LogP contribution >= 0.6 is 15.9 Å². The molecular formula is C8H9BrN2O2. The van der Waals surface area contributed by atoms with Gasteiger partial charge < -0.3 is 4.74 Å². The van der Waals surface area contributed by atoms with Crippen LogP contribution in [-0.4, -0.2) is 22.5 Å². The highest BCUT2D eigenvalue weighted by molar-refractivity contribution is 9.10. The van der Waals surface area contributed by atoms with Gasteiger partial charge in [-0.15, -0.1) is 0 Å². The van der Waals surface area contributed by atoms with Crippen LogP contribution in [0.15, 0.2) is 10.8 Å². The number of rotatable bonds is 2. The number of esters is 1. The first-order valence-electron chi connectivity index (χ1n) is 3.81. The van der Waals surface area contributed by atoms with Crippen LogP contribution in [0.1, 0.15) is 23.1 Å². The molecule has 0 saturated heterocycles. The van der Waals surface area contributed by atoms with Crippen LogP contribution in [0.4, 0.5) is 0 Å². The number of hydrogen-bond donors (Lipinski definition) is 0. The van der Waals surface area contributed by atoms with Gasteiger partial charge in [-0.2, -0.15) is 0 Å². The highest BCUT2D eigenvalue weighted by atomic mass is 79.9. The Labute approximate surface area is 84.5 Å². The highest BCUT2D eigenvalue weighted by Crippen LogP contribution is 2.13. The zero-order valence-electron chi connectivity index (χ0n) is 7.37. The molecule has 0 radical (unpaired) electrons. The van der Waals surface area contributed by atoms with E-state index in [1.807, 2.05) is 0 Å². The quantitative estimate of drug-likeness (QED) is 0.588. The molecule has 0 aliphatic carbocycles. The van der Waals surface area contributed by atoms with E-state index < -0.39 is 5.97 Å². The lowest BCUT2D eigenvalue weighted by molar-refractivity contribution is 0.0524. The first kappa shape index (κ1) is 10.1. The Morgan fingerprint density at radius 2 is 2.38 bits per heavy atom. The van der Waals surface area contributed by atoms with Crippen molar-refractivity contribution in [3.8, 4) is 0 Å². The first-order valence-corrected chi connectivity index (χ1v) is 4.60. The van der Waals surface area contributed by atoms with Crippen LogP contribution in [0.25, 0.3) is 0 Å². The second-order valence-corrected chi connectivity index (χ2v) is 3.09. The normalized spacial score (nSPS) is 9.77. The summed E-state index contributed by atoms with van der Waals surface area (Å²) < 4.78 is 5.27. The lowest BCUT2D eigenvalue weighted by atomic mass is 10.3. The molecule has 0 unspecified atom stereocenters. The van der Waals surface area contributed by atoms with Gasteiger partial charge in [-0.05, 0) is 29.8 Å². The van der Waals surface area contributed by atoms with Crippen LogP contribution in [-0.2, 0) is 4.74 Å². The Morgan fingerprint density at radius 3 is 2.92 bits per heavy atom. The SMILES string of the molecule is CCOC(=O)c1cnc(C)nc1Br. The van der Waals surface area contributed by atoms with Gasteiger partial charge in [0.15, 0.2) is 0 Å². The van der Waals surface area contributed by atoms with Crippen molar-refractivity contribution < 1.29 is 9.53 Å². The third kappa shape index (κ3) is 2.48. The molecule has 1 heterocycles. The molecule has 70 valence electrons. The fourth-order valence-corrected chi connectivity index (χ4v) is 1.31. The van der Waals surface area contributed by atoms with Crippen molar-refractivity contribution in [1.29, 1.82) is 0 Å². The van der Waals surface area contributed by atoms with Gasteiger partial charge in [0.05, 0.1) is 6.61 Å².